The molecule has 114 valence electrons. The Morgan fingerprint density at radius 2 is 2.29 bits per heavy atom. The van der Waals surface area contributed by atoms with E-state index in [1.165, 1.54) is 6.20 Å². The molecule has 2 heterocycles. The molecule has 0 amide bonds. The number of H-pyrrole nitrogens is 1. The molecule has 1 fully saturated rings. The zero-order valence-electron chi connectivity index (χ0n) is 11.6. The number of nitrogen functional groups attached to an aromatic ring is 1. The Balaban J connectivity index is 1.73. The second kappa shape index (κ2) is 5.67. The van der Waals surface area contributed by atoms with Gasteiger partial charge in [-0.1, -0.05) is 0 Å². The van der Waals surface area contributed by atoms with Gasteiger partial charge in [0.2, 0.25) is 10.0 Å². The van der Waals surface area contributed by atoms with Crippen molar-refractivity contribution in [3.8, 4) is 0 Å². The smallest absolute Gasteiger partial charge is 0.242 e. The molecule has 0 spiro atoms. The molecule has 6 nitrogen and oxygen atoms in total. The summed E-state index contributed by atoms with van der Waals surface area (Å²) in [6.45, 7) is 1.94. The first-order chi connectivity index (χ1) is 10.1. The molecule has 1 atom stereocenters. The molecule has 2 aromatic rings. The van der Waals surface area contributed by atoms with E-state index >= 15 is 0 Å². The SMILES string of the molecule is Nc1ccc2c(S(=O)(=O)NCCC3CCOC3)c[nH]c2c1. The van der Waals surface area contributed by atoms with E-state index in [2.05, 4.69) is 9.71 Å². The fraction of sp³-hybridized carbons (Fsp3) is 0.429. The molecule has 0 saturated carbocycles. The van der Waals surface area contributed by atoms with E-state index in [0.717, 1.165) is 31.6 Å². The first-order valence-corrected chi connectivity index (χ1v) is 8.48. The van der Waals surface area contributed by atoms with E-state index in [0.29, 0.717) is 23.5 Å². The topological polar surface area (TPSA) is 97.2 Å². The van der Waals surface area contributed by atoms with Gasteiger partial charge in [-0.2, -0.15) is 0 Å². The van der Waals surface area contributed by atoms with E-state index in [4.69, 9.17) is 10.5 Å². The Morgan fingerprint density at radius 1 is 1.43 bits per heavy atom. The van der Waals surface area contributed by atoms with E-state index in [9.17, 15) is 8.42 Å². The Morgan fingerprint density at radius 3 is 3.05 bits per heavy atom. The minimum absolute atomic E-state index is 0.264. The van der Waals surface area contributed by atoms with Crippen LogP contribution >= 0.6 is 0 Å². The maximum atomic E-state index is 12.4. The lowest BCUT2D eigenvalue weighted by atomic mass is 10.1. The fourth-order valence-corrected chi connectivity index (χ4v) is 3.85. The summed E-state index contributed by atoms with van der Waals surface area (Å²) in [5.41, 5.74) is 7.02. The summed E-state index contributed by atoms with van der Waals surface area (Å²) in [4.78, 5) is 3.21. The molecule has 0 bridgehead atoms. The van der Waals surface area contributed by atoms with Crippen molar-refractivity contribution in [3.63, 3.8) is 0 Å². The van der Waals surface area contributed by atoms with Gasteiger partial charge in [0.25, 0.3) is 0 Å². The van der Waals surface area contributed by atoms with Gasteiger partial charge < -0.3 is 15.5 Å². The highest BCUT2D eigenvalue weighted by Gasteiger charge is 2.20. The predicted molar refractivity (Wildman–Crippen MR) is 81.4 cm³/mol. The predicted octanol–water partition coefficient (Wildman–Crippen LogP) is 1.45. The van der Waals surface area contributed by atoms with Crippen molar-refractivity contribution >= 4 is 26.6 Å². The van der Waals surface area contributed by atoms with Gasteiger partial charge in [-0.25, -0.2) is 13.1 Å². The van der Waals surface area contributed by atoms with Crippen LogP contribution in [0.15, 0.2) is 29.3 Å². The van der Waals surface area contributed by atoms with Crippen LogP contribution in [0.5, 0.6) is 0 Å². The van der Waals surface area contributed by atoms with Gasteiger partial charge in [0.1, 0.15) is 4.90 Å². The summed E-state index contributed by atoms with van der Waals surface area (Å²) in [6, 6.07) is 5.15. The Bertz CT molecular complexity index is 733. The minimum atomic E-state index is -3.51. The normalized spacial score (nSPS) is 19.3. The number of fused-ring (bicyclic) bond motifs is 1. The first kappa shape index (κ1) is 14.4. The van der Waals surface area contributed by atoms with Crippen LogP contribution in [-0.4, -0.2) is 33.2 Å². The van der Waals surface area contributed by atoms with E-state index < -0.39 is 10.0 Å². The molecule has 0 radical (unpaired) electrons. The van der Waals surface area contributed by atoms with Gasteiger partial charge in [0, 0.05) is 42.5 Å². The van der Waals surface area contributed by atoms with Crippen LogP contribution in [0.3, 0.4) is 0 Å². The second-order valence-electron chi connectivity index (χ2n) is 5.37. The van der Waals surface area contributed by atoms with Crippen molar-refractivity contribution in [2.45, 2.75) is 17.7 Å². The minimum Gasteiger partial charge on any atom is -0.399 e. The maximum Gasteiger partial charge on any atom is 0.242 e. The van der Waals surface area contributed by atoms with E-state index in [-0.39, 0.29) is 4.90 Å². The maximum absolute atomic E-state index is 12.4. The number of sulfonamides is 1. The molecule has 0 aliphatic carbocycles. The highest BCUT2D eigenvalue weighted by Crippen LogP contribution is 2.24. The van der Waals surface area contributed by atoms with Gasteiger partial charge in [-0.05, 0) is 37.0 Å². The number of ether oxygens (including phenoxy) is 1. The third-order valence-corrected chi connectivity index (χ3v) is 5.33. The van der Waals surface area contributed by atoms with E-state index in [1.54, 1.807) is 18.2 Å². The van der Waals surface area contributed by atoms with Crippen molar-refractivity contribution < 1.29 is 13.2 Å². The molecule has 1 aliphatic rings. The molecule has 3 rings (SSSR count). The summed E-state index contributed by atoms with van der Waals surface area (Å²) in [7, 11) is -3.51. The summed E-state index contributed by atoms with van der Waals surface area (Å²) in [5.74, 6) is 0.454. The summed E-state index contributed by atoms with van der Waals surface area (Å²) in [5, 5.41) is 0.654. The molecule has 1 aromatic heterocycles. The van der Waals surface area contributed by atoms with Gasteiger partial charge in [-0.3, -0.25) is 0 Å². The average Bonchev–Trinajstić information content (AvgIpc) is 3.06. The quantitative estimate of drug-likeness (QED) is 0.728. The monoisotopic (exact) mass is 309 g/mol. The average molecular weight is 309 g/mol. The summed E-state index contributed by atoms with van der Waals surface area (Å²) >= 11 is 0. The van der Waals surface area contributed by atoms with Crippen molar-refractivity contribution in [2.75, 3.05) is 25.5 Å². The molecule has 1 unspecified atom stereocenters. The Labute approximate surface area is 123 Å². The van der Waals surface area contributed by atoms with Crippen molar-refractivity contribution in [2.24, 2.45) is 5.92 Å². The zero-order chi connectivity index (χ0) is 14.9. The van der Waals surface area contributed by atoms with Crippen molar-refractivity contribution in [3.05, 3.63) is 24.4 Å². The molecule has 4 N–H and O–H groups in total. The van der Waals surface area contributed by atoms with Crippen LogP contribution < -0.4 is 10.5 Å². The molecule has 1 aromatic carbocycles. The molecule has 1 saturated heterocycles. The van der Waals surface area contributed by atoms with Crippen LogP contribution in [0.4, 0.5) is 5.69 Å². The highest BCUT2D eigenvalue weighted by atomic mass is 32.2. The number of nitrogens with two attached hydrogens (primary N) is 1. The molecule has 21 heavy (non-hydrogen) atoms. The fourth-order valence-electron chi connectivity index (χ4n) is 2.63. The lowest BCUT2D eigenvalue weighted by Crippen LogP contribution is -2.26. The lowest BCUT2D eigenvalue weighted by molar-refractivity contribution is 0.184. The lowest BCUT2D eigenvalue weighted by Gasteiger charge is -2.09. The first-order valence-electron chi connectivity index (χ1n) is 7.00. The van der Waals surface area contributed by atoms with Gasteiger partial charge in [0.05, 0.1) is 0 Å². The standard InChI is InChI=1S/C14H19N3O3S/c15-11-1-2-12-13(7-11)16-8-14(12)21(18,19)17-5-3-10-4-6-20-9-10/h1-2,7-8,10,16-17H,3-6,9,15H2. The third-order valence-electron chi connectivity index (χ3n) is 3.83. The highest BCUT2D eigenvalue weighted by molar-refractivity contribution is 7.89. The number of benzene rings is 1. The van der Waals surface area contributed by atoms with Crippen LogP contribution in [0.1, 0.15) is 12.8 Å². The Hall–Kier alpha value is -1.57. The van der Waals surface area contributed by atoms with Gasteiger partial charge >= 0.3 is 0 Å². The van der Waals surface area contributed by atoms with Crippen LogP contribution in [0, 0.1) is 5.92 Å². The summed E-state index contributed by atoms with van der Waals surface area (Å²) < 4.78 is 32.7. The molecular formula is C14H19N3O3S. The number of aromatic nitrogens is 1. The number of aromatic amines is 1. The van der Waals surface area contributed by atoms with E-state index in [1.807, 2.05) is 0 Å². The molecule has 1 aliphatic heterocycles. The number of nitrogens with one attached hydrogen (secondary N) is 2. The zero-order valence-corrected chi connectivity index (χ0v) is 12.4. The third kappa shape index (κ3) is 3.04. The van der Waals surface area contributed by atoms with Gasteiger partial charge in [-0.15, -0.1) is 0 Å². The number of hydrogen-bond donors (Lipinski definition) is 3. The summed E-state index contributed by atoms with van der Waals surface area (Å²) in [6.07, 6.45) is 3.31. The largest absolute Gasteiger partial charge is 0.399 e. The van der Waals surface area contributed by atoms with Crippen molar-refractivity contribution in [1.29, 1.82) is 0 Å². The number of rotatable bonds is 5. The van der Waals surface area contributed by atoms with Crippen LogP contribution in [0.25, 0.3) is 10.9 Å². The number of anilines is 1. The second-order valence-corrected chi connectivity index (χ2v) is 7.11. The van der Waals surface area contributed by atoms with Gasteiger partial charge in [0.15, 0.2) is 0 Å². The van der Waals surface area contributed by atoms with Crippen LogP contribution in [0.2, 0.25) is 0 Å². The Kier molecular flexibility index (Phi) is 3.88. The molecular weight excluding hydrogens is 290 g/mol. The number of hydrogen-bond acceptors (Lipinski definition) is 4. The van der Waals surface area contributed by atoms with Crippen molar-refractivity contribution in [1.82, 2.24) is 9.71 Å². The molecule has 7 heteroatoms. The van der Waals surface area contributed by atoms with Crippen LogP contribution in [-0.2, 0) is 14.8 Å².